The van der Waals surface area contributed by atoms with Gasteiger partial charge >= 0.3 is 11.9 Å². The molecular formula is C38H34O18. The number of carbonyl (C=O) groups is 3. The van der Waals surface area contributed by atoms with Gasteiger partial charge in [0.25, 0.3) is 0 Å². The first-order valence-corrected chi connectivity index (χ1v) is 16.9. The minimum Gasteiger partial charge on any atom is -0.507 e. The molecule has 0 amide bonds. The first kappa shape index (κ1) is 37.7. The van der Waals surface area contributed by atoms with Crippen molar-refractivity contribution in [3.63, 3.8) is 0 Å². The number of Topliss-reactive ketones (excluding diaryl/α,β-unsaturated/α-hetero) is 1. The number of ketones is 1. The van der Waals surface area contributed by atoms with E-state index >= 15 is 0 Å². The van der Waals surface area contributed by atoms with Gasteiger partial charge in [-0.2, -0.15) is 0 Å². The van der Waals surface area contributed by atoms with E-state index in [0.717, 1.165) is 0 Å². The van der Waals surface area contributed by atoms with Crippen molar-refractivity contribution in [1.82, 2.24) is 0 Å². The van der Waals surface area contributed by atoms with Crippen molar-refractivity contribution in [2.75, 3.05) is 13.7 Å². The van der Waals surface area contributed by atoms with Gasteiger partial charge in [-0.1, -0.05) is 12.1 Å². The number of benzene rings is 4. The van der Waals surface area contributed by atoms with Crippen LogP contribution in [-0.4, -0.2) is 108 Å². The summed E-state index contributed by atoms with van der Waals surface area (Å²) in [6.07, 6.45) is -10.3. The molecule has 3 aliphatic rings. The second kappa shape index (κ2) is 13.9. The van der Waals surface area contributed by atoms with Crippen LogP contribution in [0.4, 0.5) is 0 Å². The lowest BCUT2D eigenvalue weighted by Crippen LogP contribution is -2.61. The number of phenols is 7. The Hall–Kier alpha value is -6.63. The SMILES string of the molecule is COc1ccc([C@@H]2CC(=O)c3c(O)c(C)c(OC4O[C@@H]5COC(=O)c6cc(O)c(O)c(O)c6-c6c(cc(O)c(O)c6O)C(=O)O[C@H]5[C@H](O)[C@H]4O)c(C)c3O2)cc1. The summed E-state index contributed by atoms with van der Waals surface area (Å²) in [5.74, 6) is -10.3. The number of phenolic OH excluding ortho intramolecular Hbond substituents is 7. The second-order valence-electron chi connectivity index (χ2n) is 13.3. The highest BCUT2D eigenvalue weighted by molar-refractivity contribution is 6.08. The first-order chi connectivity index (χ1) is 26.5. The van der Waals surface area contributed by atoms with Gasteiger partial charge in [0, 0.05) is 22.3 Å². The van der Waals surface area contributed by atoms with Crippen molar-refractivity contribution < 1.29 is 88.8 Å². The number of methoxy groups -OCH3 is 1. The molecule has 0 saturated carbocycles. The average molecular weight is 779 g/mol. The summed E-state index contributed by atoms with van der Waals surface area (Å²) in [5, 5.41) is 96.7. The van der Waals surface area contributed by atoms with E-state index in [2.05, 4.69) is 0 Å². The molecule has 1 saturated heterocycles. The molecule has 0 aromatic heterocycles. The topological polar surface area (TPSA) is 289 Å². The zero-order valence-electron chi connectivity index (χ0n) is 29.5. The van der Waals surface area contributed by atoms with Crippen LogP contribution in [0, 0.1) is 13.8 Å². The van der Waals surface area contributed by atoms with Gasteiger partial charge in [0.15, 0.2) is 34.9 Å². The Labute approximate surface area is 315 Å². The zero-order valence-corrected chi connectivity index (χ0v) is 29.5. The number of cyclic esters (lactones) is 1. The van der Waals surface area contributed by atoms with Crippen LogP contribution in [0.5, 0.6) is 57.5 Å². The summed E-state index contributed by atoms with van der Waals surface area (Å²) in [4.78, 5) is 40.6. The fraction of sp³-hybridized carbons (Fsp3) is 0.289. The summed E-state index contributed by atoms with van der Waals surface area (Å²) in [6.45, 7) is 2.08. The molecule has 294 valence electrons. The highest BCUT2D eigenvalue weighted by atomic mass is 16.7. The van der Waals surface area contributed by atoms with Gasteiger partial charge in [0.05, 0.1) is 24.7 Å². The molecule has 7 rings (SSSR count). The van der Waals surface area contributed by atoms with Gasteiger partial charge < -0.3 is 74.4 Å². The van der Waals surface area contributed by atoms with Gasteiger partial charge in [0.2, 0.25) is 17.8 Å². The van der Waals surface area contributed by atoms with Crippen molar-refractivity contribution in [3.8, 4) is 68.6 Å². The van der Waals surface area contributed by atoms with E-state index in [1.165, 1.54) is 21.0 Å². The standard InChI is InChI=1S/C38H34O18/c1-12-26(42)25-18(39)10-21(14-4-6-15(51-3)7-5-14)53-34(25)13(2)33(12)56-38-32(48)31(47)35-22(54-38)11-52-36(49)16-8-19(40)27(43)29(45)23(16)24-17(37(50)55-35)9-20(41)28(44)30(24)46/h4-9,21-22,31-32,35,38,40-48H,10-11H2,1-3H3/t21-,22+,31+,32+,35+,38?/m0/s1. The molecule has 56 heavy (non-hydrogen) atoms. The van der Waals surface area contributed by atoms with Crippen LogP contribution < -0.4 is 14.2 Å². The maximum Gasteiger partial charge on any atom is 0.339 e. The number of carbonyl (C=O) groups excluding carboxylic acids is 3. The summed E-state index contributed by atoms with van der Waals surface area (Å²) in [5.41, 5.74) is -2.49. The monoisotopic (exact) mass is 778 g/mol. The van der Waals surface area contributed by atoms with Crippen molar-refractivity contribution in [2.24, 2.45) is 0 Å². The van der Waals surface area contributed by atoms with Gasteiger partial charge in [-0.3, -0.25) is 4.79 Å². The van der Waals surface area contributed by atoms with Crippen molar-refractivity contribution >= 4 is 17.7 Å². The number of ether oxygens (including phenoxy) is 6. The maximum absolute atomic E-state index is 13.7. The summed E-state index contributed by atoms with van der Waals surface area (Å²) < 4.78 is 34.2. The number of aliphatic hydroxyl groups excluding tert-OH is 2. The molecule has 3 aliphatic heterocycles. The highest BCUT2D eigenvalue weighted by Gasteiger charge is 2.50. The average Bonchev–Trinajstić information content (AvgIpc) is 3.19. The van der Waals surface area contributed by atoms with E-state index in [-0.39, 0.29) is 34.6 Å². The number of aromatic hydroxyl groups is 7. The largest absolute Gasteiger partial charge is 0.507 e. The van der Waals surface area contributed by atoms with Crippen LogP contribution in [0.3, 0.4) is 0 Å². The van der Waals surface area contributed by atoms with Gasteiger partial charge in [-0.05, 0) is 43.7 Å². The second-order valence-corrected chi connectivity index (χ2v) is 13.3. The molecular weight excluding hydrogens is 744 g/mol. The molecule has 4 aromatic carbocycles. The minimum absolute atomic E-state index is 0.0193. The quantitative estimate of drug-likeness (QED) is 0.106. The number of esters is 2. The van der Waals surface area contributed by atoms with Crippen LogP contribution in [0.15, 0.2) is 36.4 Å². The third kappa shape index (κ3) is 5.99. The van der Waals surface area contributed by atoms with Crippen LogP contribution in [0.25, 0.3) is 11.1 Å². The smallest absolute Gasteiger partial charge is 0.339 e. The molecule has 18 heteroatoms. The molecule has 0 bridgehead atoms. The van der Waals surface area contributed by atoms with E-state index < -0.39 is 124 Å². The minimum atomic E-state index is -2.07. The van der Waals surface area contributed by atoms with E-state index in [4.69, 9.17) is 28.4 Å². The molecule has 4 aromatic rings. The van der Waals surface area contributed by atoms with Crippen LogP contribution in [0.2, 0.25) is 0 Å². The Kier molecular flexibility index (Phi) is 9.35. The van der Waals surface area contributed by atoms with Gasteiger partial charge in [0.1, 0.15) is 59.6 Å². The Morgan fingerprint density at radius 2 is 1.29 bits per heavy atom. The molecule has 3 heterocycles. The number of hydrogen-bond acceptors (Lipinski definition) is 18. The molecule has 18 nitrogen and oxygen atoms in total. The van der Waals surface area contributed by atoms with Crippen LogP contribution in [-0.2, 0) is 14.2 Å². The predicted molar refractivity (Wildman–Crippen MR) is 186 cm³/mol. The highest BCUT2D eigenvalue weighted by Crippen LogP contribution is 2.53. The van der Waals surface area contributed by atoms with Crippen molar-refractivity contribution in [2.45, 2.75) is 57.1 Å². The Bertz CT molecular complexity index is 2300. The molecule has 0 spiro atoms. The van der Waals surface area contributed by atoms with Crippen LogP contribution in [0.1, 0.15) is 60.3 Å². The summed E-state index contributed by atoms with van der Waals surface area (Å²) in [7, 11) is 1.50. The Balaban J connectivity index is 1.25. The molecule has 1 unspecified atom stereocenters. The lowest BCUT2D eigenvalue weighted by atomic mass is 9.91. The number of rotatable bonds is 4. The Morgan fingerprint density at radius 1 is 0.696 bits per heavy atom. The fourth-order valence-electron chi connectivity index (χ4n) is 6.95. The summed E-state index contributed by atoms with van der Waals surface area (Å²) >= 11 is 0. The Morgan fingerprint density at radius 3 is 1.88 bits per heavy atom. The van der Waals surface area contributed by atoms with E-state index in [1.807, 2.05) is 0 Å². The van der Waals surface area contributed by atoms with Gasteiger partial charge in [-0.15, -0.1) is 0 Å². The van der Waals surface area contributed by atoms with Crippen molar-refractivity contribution in [1.29, 1.82) is 0 Å². The number of aliphatic hydroxyl groups is 2. The van der Waals surface area contributed by atoms with E-state index in [1.54, 1.807) is 24.3 Å². The number of hydrogen-bond donors (Lipinski definition) is 9. The van der Waals surface area contributed by atoms with Crippen molar-refractivity contribution in [3.05, 3.63) is 69.8 Å². The van der Waals surface area contributed by atoms with E-state index in [9.17, 15) is 60.3 Å². The maximum atomic E-state index is 13.7. The molecule has 0 radical (unpaired) electrons. The third-order valence-corrected chi connectivity index (χ3v) is 9.93. The molecule has 6 atom stereocenters. The van der Waals surface area contributed by atoms with Gasteiger partial charge in [-0.25, -0.2) is 9.59 Å². The van der Waals surface area contributed by atoms with E-state index in [0.29, 0.717) is 23.4 Å². The molecule has 1 fully saturated rings. The van der Waals surface area contributed by atoms with Crippen LogP contribution >= 0.6 is 0 Å². The lowest BCUT2D eigenvalue weighted by molar-refractivity contribution is -0.276. The lowest BCUT2D eigenvalue weighted by Gasteiger charge is -2.42. The number of fused-ring (bicyclic) bond motifs is 5. The molecule has 0 aliphatic carbocycles. The molecule has 9 N–H and O–H groups in total. The zero-order chi connectivity index (χ0) is 40.5. The fourth-order valence-corrected chi connectivity index (χ4v) is 6.95. The predicted octanol–water partition coefficient (Wildman–Crippen LogP) is 2.85. The third-order valence-electron chi connectivity index (χ3n) is 9.93. The first-order valence-electron chi connectivity index (χ1n) is 16.9. The summed E-state index contributed by atoms with van der Waals surface area (Å²) in [6, 6.07) is 8.04. The normalized spacial score (nSPS) is 23.2.